The van der Waals surface area contributed by atoms with Crippen LogP contribution in [0.15, 0.2) is 29.2 Å². The van der Waals surface area contributed by atoms with Crippen LogP contribution in [0, 0.1) is 6.92 Å². The smallest absolute Gasteiger partial charge is 0.230 e. The zero-order chi connectivity index (χ0) is 18.6. The van der Waals surface area contributed by atoms with Crippen LogP contribution in [-0.2, 0) is 24.0 Å². The first-order valence-corrected chi connectivity index (χ1v) is 10.4. The monoisotopic (exact) mass is 384 g/mol. The molecule has 7 nitrogen and oxygen atoms in total. The Morgan fingerprint density at radius 3 is 2.54 bits per heavy atom. The maximum atomic E-state index is 13.4. The van der Waals surface area contributed by atoms with Crippen molar-refractivity contribution in [2.45, 2.75) is 59.9 Å². The molecule has 0 saturated carbocycles. The van der Waals surface area contributed by atoms with E-state index in [1.165, 1.54) is 12.1 Å². The minimum atomic E-state index is -4.13. The predicted molar refractivity (Wildman–Crippen MR) is 91.3 cm³/mol. The Balaban J connectivity index is 1.77. The molecule has 2 N–H and O–H groups in total. The van der Waals surface area contributed by atoms with Crippen molar-refractivity contribution < 1.29 is 32.8 Å². The standard InChI is InChI=1S/C18H24O7S/c1-12-5-7-13(8-6-12)26(21,22)18-14(19)10-24-16(18)17(20,11-25-18)15-4-2-3-9-23-15/h5-8,14-16,19-20H,2-4,9-11H2,1H3/t14-,15?,16+,17-,18-/m0/s1. The number of fused-ring (bicyclic) bond motifs is 1. The predicted octanol–water partition coefficient (Wildman–Crippen LogP) is 0.555. The molecule has 3 fully saturated rings. The first-order chi connectivity index (χ1) is 12.3. The molecule has 0 aromatic heterocycles. The fraction of sp³-hybridized carbons (Fsp3) is 0.667. The van der Waals surface area contributed by atoms with Gasteiger partial charge in [0.25, 0.3) is 0 Å². The van der Waals surface area contributed by atoms with Crippen LogP contribution < -0.4 is 0 Å². The summed E-state index contributed by atoms with van der Waals surface area (Å²) < 4.78 is 43.8. The number of sulfone groups is 1. The van der Waals surface area contributed by atoms with Gasteiger partial charge in [0.2, 0.25) is 14.8 Å². The lowest BCUT2D eigenvalue weighted by Gasteiger charge is -2.38. The van der Waals surface area contributed by atoms with Gasteiger partial charge in [-0.2, -0.15) is 0 Å². The summed E-state index contributed by atoms with van der Waals surface area (Å²) in [6, 6.07) is 6.34. The van der Waals surface area contributed by atoms with Crippen molar-refractivity contribution in [2.24, 2.45) is 0 Å². The average Bonchev–Trinajstić information content (AvgIpc) is 3.15. The van der Waals surface area contributed by atoms with Crippen LogP contribution in [0.25, 0.3) is 0 Å². The van der Waals surface area contributed by atoms with Crippen molar-refractivity contribution >= 4 is 9.84 Å². The minimum absolute atomic E-state index is 0.0338. The van der Waals surface area contributed by atoms with Gasteiger partial charge in [0.1, 0.15) is 17.8 Å². The molecule has 5 atom stereocenters. The fourth-order valence-corrected chi connectivity index (χ4v) is 6.32. The summed E-state index contributed by atoms with van der Waals surface area (Å²) in [5.41, 5.74) is -0.698. The van der Waals surface area contributed by atoms with Crippen LogP contribution in [0.1, 0.15) is 24.8 Å². The molecule has 3 heterocycles. The van der Waals surface area contributed by atoms with Gasteiger partial charge in [-0.3, -0.25) is 0 Å². The molecule has 1 aromatic carbocycles. The molecular formula is C18H24O7S. The Morgan fingerprint density at radius 1 is 1.15 bits per heavy atom. The van der Waals surface area contributed by atoms with Crippen LogP contribution in [0.4, 0.5) is 0 Å². The van der Waals surface area contributed by atoms with Crippen molar-refractivity contribution in [3.05, 3.63) is 29.8 Å². The molecule has 3 aliphatic heterocycles. The average molecular weight is 384 g/mol. The van der Waals surface area contributed by atoms with E-state index in [0.29, 0.717) is 13.0 Å². The van der Waals surface area contributed by atoms with E-state index in [1.807, 2.05) is 6.92 Å². The first kappa shape index (κ1) is 18.3. The second-order valence-corrected chi connectivity index (χ2v) is 9.52. The molecule has 4 rings (SSSR count). The van der Waals surface area contributed by atoms with Gasteiger partial charge in [-0.1, -0.05) is 17.7 Å². The van der Waals surface area contributed by atoms with Gasteiger partial charge in [-0.05, 0) is 38.3 Å². The number of hydrogen-bond acceptors (Lipinski definition) is 7. The van der Waals surface area contributed by atoms with Gasteiger partial charge < -0.3 is 24.4 Å². The van der Waals surface area contributed by atoms with E-state index in [1.54, 1.807) is 12.1 Å². The summed E-state index contributed by atoms with van der Waals surface area (Å²) in [7, 11) is -4.13. The van der Waals surface area contributed by atoms with E-state index in [-0.39, 0.29) is 18.1 Å². The zero-order valence-electron chi connectivity index (χ0n) is 14.6. The normalized spacial score (nSPS) is 40.5. The Hall–Kier alpha value is -1.03. The van der Waals surface area contributed by atoms with Crippen LogP contribution in [0.5, 0.6) is 0 Å². The van der Waals surface area contributed by atoms with E-state index in [2.05, 4.69) is 0 Å². The molecule has 0 amide bonds. The van der Waals surface area contributed by atoms with Gasteiger partial charge in [-0.25, -0.2) is 8.42 Å². The third kappa shape index (κ3) is 2.40. The van der Waals surface area contributed by atoms with Crippen LogP contribution >= 0.6 is 0 Å². The van der Waals surface area contributed by atoms with Crippen molar-refractivity contribution in [3.63, 3.8) is 0 Å². The quantitative estimate of drug-likeness (QED) is 0.785. The maximum Gasteiger partial charge on any atom is 0.230 e. The van der Waals surface area contributed by atoms with Crippen molar-refractivity contribution in [3.8, 4) is 0 Å². The van der Waals surface area contributed by atoms with Gasteiger partial charge in [0.15, 0.2) is 0 Å². The second-order valence-electron chi connectivity index (χ2n) is 7.40. The number of hydrogen-bond donors (Lipinski definition) is 2. The summed E-state index contributed by atoms with van der Waals surface area (Å²) in [6.45, 7) is 1.88. The third-order valence-corrected chi connectivity index (χ3v) is 8.06. The SMILES string of the molecule is Cc1ccc(S(=O)(=O)[C@]23OC[C@](O)(C4CCCCO4)[C@H]2OC[C@@H]3O)cc1. The summed E-state index contributed by atoms with van der Waals surface area (Å²) >= 11 is 0. The van der Waals surface area contributed by atoms with Crippen LogP contribution in [-0.4, -0.2) is 67.3 Å². The number of aryl methyl sites for hydroxylation is 1. The Labute approximate surface area is 152 Å². The molecule has 1 unspecified atom stereocenters. The Kier molecular flexibility index (Phi) is 4.41. The molecular weight excluding hydrogens is 360 g/mol. The van der Waals surface area contributed by atoms with Crippen molar-refractivity contribution in [2.75, 3.05) is 19.8 Å². The fourth-order valence-electron chi connectivity index (χ4n) is 4.26. The molecule has 144 valence electrons. The van der Waals surface area contributed by atoms with Gasteiger partial charge in [0, 0.05) is 6.61 Å². The maximum absolute atomic E-state index is 13.4. The Morgan fingerprint density at radius 2 is 1.88 bits per heavy atom. The Bertz CT molecular complexity index is 771. The topological polar surface area (TPSA) is 102 Å². The molecule has 0 bridgehead atoms. The highest BCUT2D eigenvalue weighted by atomic mass is 32.2. The largest absolute Gasteiger partial charge is 0.386 e. The van der Waals surface area contributed by atoms with Crippen molar-refractivity contribution in [1.29, 1.82) is 0 Å². The summed E-state index contributed by atoms with van der Waals surface area (Å²) in [4.78, 5) is -2.00. The molecule has 0 aliphatic carbocycles. The molecule has 0 radical (unpaired) electrons. The second kappa shape index (κ2) is 6.25. The highest BCUT2D eigenvalue weighted by Gasteiger charge is 2.74. The highest BCUT2D eigenvalue weighted by Crippen LogP contribution is 2.50. The number of aliphatic hydroxyl groups excluding tert-OH is 1. The summed E-state index contributed by atoms with van der Waals surface area (Å²) in [5.74, 6) is 0. The number of rotatable bonds is 3. The molecule has 3 aliphatic rings. The van der Waals surface area contributed by atoms with Crippen LogP contribution in [0.2, 0.25) is 0 Å². The first-order valence-electron chi connectivity index (χ1n) is 8.91. The van der Waals surface area contributed by atoms with Crippen molar-refractivity contribution in [1.82, 2.24) is 0 Å². The van der Waals surface area contributed by atoms with Gasteiger partial charge >= 0.3 is 0 Å². The molecule has 26 heavy (non-hydrogen) atoms. The summed E-state index contributed by atoms with van der Waals surface area (Å²) in [5, 5.41) is 21.8. The lowest BCUT2D eigenvalue weighted by molar-refractivity contribution is -0.168. The third-order valence-electron chi connectivity index (χ3n) is 5.72. The lowest BCUT2D eigenvalue weighted by Crippen LogP contribution is -2.60. The van der Waals surface area contributed by atoms with E-state index in [4.69, 9.17) is 14.2 Å². The highest BCUT2D eigenvalue weighted by molar-refractivity contribution is 7.92. The number of aliphatic hydroxyl groups is 2. The van der Waals surface area contributed by atoms with Gasteiger partial charge in [-0.15, -0.1) is 0 Å². The van der Waals surface area contributed by atoms with E-state index >= 15 is 0 Å². The lowest BCUT2D eigenvalue weighted by atomic mass is 9.86. The molecule has 1 aromatic rings. The number of ether oxygens (including phenoxy) is 3. The van der Waals surface area contributed by atoms with Crippen LogP contribution in [0.3, 0.4) is 0 Å². The zero-order valence-corrected chi connectivity index (χ0v) is 15.4. The minimum Gasteiger partial charge on any atom is -0.386 e. The van der Waals surface area contributed by atoms with Gasteiger partial charge in [0.05, 0.1) is 24.2 Å². The molecule has 3 saturated heterocycles. The van der Waals surface area contributed by atoms with E-state index in [0.717, 1.165) is 18.4 Å². The van der Waals surface area contributed by atoms with E-state index < -0.39 is 38.7 Å². The summed E-state index contributed by atoms with van der Waals surface area (Å²) in [6.07, 6.45) is -0.817. The molecule has 8 heteroatoms. The number of benzene rings is 1. The van der Waals surface area contributed by atoms with E-state index in [9.17, 15) is 18.6 Å². The molecule has 0 spiro atoms.